The van der Waals surface area contributed by atoms with E-state index in [-0.39, 0.29) is 24.4 Å². The third kappa shape index (κ3) is 4.29. The fraction of sp³-hybridized carbons (Fsp3) is 0.158. The molecule has 3 aromatic rings. The predicted molar refractivity (Wildman–Crippen MR) is 90.5 cm³/mol. The van der Waals surface area contributed by atoms with Gasteiger partial charge >= 0.3 is 0 Å². The van der Waals surface area contributed by atoms with Crippen molar-refractivity contribution in [2.75, 3.05) is 0 Å². The second-order valence-corrected chi connectivity index (χ2v) is 5.55. The quantitative estimate of drug-likeness (QED) is 0.744. The summed E-state index contributed by atoms with van der Waals surface area (Å²) in [5.41, 5.74) is 1.43. The van der Waals surface area contributed by atoms with Gasteiger partial charge in [0, 0.05) is 23.6 Å². The van der Waals surface area contributed by atoms with Crippen LogP contribution in [0.5, 0.6) is 0 Å². The molecule has 1 N–H and O–H groups in total. The summed E-state index contributed by atoms with van der Waals surface area (Å²) in [6.45, 7) is 0.259. The van der Waals surface area contributed by atoms with Gasteiger partial charge in [0.25, 0.3) is 6.43 Å². The van der Waals surface area contributed by atoms with Crippen molar-refractivity contribution in [3.8, 4) is 5.69 Å². The number of nitrogens with one attached hydrogen (secondary N) is 1. The molecule has 1 amide bonds. The second-order valence-electron chi connectivity index (χ2n) is 5.55. The molecule has 25 heavy (non-hydrogen) atoms. The van der Waals surface area contributed by atoms with Crippen molar-refractivity contribution in [2.45, 2.75) is 19.4 Å². The zero-order valence-corrected chi connectivity index (χ0v) is 13.4. The normalized spacial score (nSPS) is 10.8. The highest BCUT2D eigenvalue weighted by Gasteiger charge is 2.10. The molecule has 0 aliphatic rings. The number of carbonyl (C=O) groups is 1. The summed E-state index contributed by atoms with van der Waals surface area (Å²) < 4.78 is 27.3. The number of benzene rings is 2. The average molecular weight is 341 g/mol. The molecule has 0 bridgehead atoms. The van der Waals surface area contributed by atoms with Gasteiger partial charge in [0.15, 0.2) is 0 Å². The van der Waals surface area contributed by atoms with E-state index in [2.05, 4.69) is 10.3 Å². The molecule has 2 aromatic carbocycles. The highest BCUT2D eigenvalue weighted by Crippen LogP contribution is 2.19. The average Bonchev–Trinajstić information content (AvgIpc) is 3.09. The van der Waals surface area contributed by atoms with Gasteiger partial charge in [-0.2, -0.15) is 0 Å². The van der Waals surface area contributed by atoms with Crippen LogP contribution in [-0.4, -0.2) is 15.5 Å². The monoisotopic (exact) mass is 341 g/mol. The lowest BCUT2D eigenvalue weighted by Crippen LogP contribution is -2.26. The van der Waals surface area contributed by atoms with Crippen molar-refractivity contribution in [2.24, 2.45) is 0 Å². The van der Waals surface area contributed by atoms with Gasteiger partial charge in [0.1, 0.15) is 5.82 Å². The summed E-state index contributed by atoms with van der Waals surface area (Å²) >= 11 is 0. The zero-order chi connectivity index (χ0) is 17.6. The molecule has 0 radical (unpaired) electrons. The van der Waals surface area contributed by atoms with Gasteiger partial charge in [-0.15, -0.1) is 0 Å². The molecule has 6 heteroatoms. The number of para-hydroxylation sites is 1. The SMILES string of the molecule is O=C(Cc1cccc(C(F)F)c1)NCc1nccn1-c1ccccc1. The number of nitrogens with zero attached hydrogens (tertiary/aromatic N) is 2. The second kappa shape index (κ2) is 7.70. The van der Waals surface area contributed by atoms with E-state index in [1.54, 1.807) is 12.3 Å². The zero-order valence-electron chi connectivity index (χ0n) is 13.4. The number of aromatic nitrogens is 2. The lowest BCUT2D eigenvalue weighted by Gasteiger charge is -2.09. The maximum Gasteiger partial charge on any atom is 0.263 e. The molecule has 0 saturated heterocycles. The van der Waals surface area contributed by atoms with Gasteiger partial charge in [-0.3, -0.25) is 4.79 Å². The predicted octanol–water partition coefficient (Wildman–Crippen LogP) is 3.67. The lowest BCUT2D eigenvalue weighted by atomic mass is 10.1. The van der Waals surface area contributed by atoms with Crippen molar-refractivity contribution >= 4 is 5.91 Å². The van der Waals surface area contributed by atoms with Gasteiger partial charge in [-0.25, -0.2) is 13.8 Å². The number of hydrogen-bond acceptors (Lipinski definition) is 2. The Morgan fingerprint density at radius 2 is 1.92 bits per heavy atom. The molecular formula is C19H17F2N3O. The smallest absolute Gasteiger partial charge is 0.263 e. The standard InChI is InChI=1S/C19H17F2N3O/c20-19(21)15-6-4-5-14(11-15)12-18(25)23-13-17-22-9-10-24(17)16-7-2-1-3-8-16/h1-11,19H,12-13H2,(H,23,25). The van der Waals surface area contributed by atoms with Gasteiger partial charge in [-0.05, 0) is 23.8 Å². The molecule has 3 rings (SSSR count). The van der Waals surface area contributed by atoms with E-state index < -0.39 is 6.43 Å². The molecule has 0 saturated carbocycles. The number of halogens is 2. The minimum absolute atomic E-state index is 0.0482. The van der Waals surface area contributed by atoms with Crippen molar-refractivity contribution in [1.29, 1.82) is 0 Å². The Kier molecular flexibility index (Phi) is 5.18. The highest BCUT2D eigenvalue weighted by molar-refractivity contribution is 5.78. The molecule has 0 atom stereocenters. The molecule has 0 fully saturated rings. The Morgan fingerprint density at radius 3 is 2.68 bits per heavy atom. The van der Waals surface area contributed by atoms with E-state index >= 15 is 0 Å². The maximum atomic E-state index is 12.7. The van der Waals surface area contributed by atoms with Crippen LogP contribution in [0, 0.1) is 0 Å². The molecule has 4 nitrogen and oxygen atoms in total. The summed E-state index contributed by atoms with van der Waals surface area (Å²) in [5, 5.41) is 2.78. The minimum Gasteiger partial charge on any atom is -0.349 e. The van der Waals surface area contributed by atoms with E-state index in [0.717, 1.165) is 5.69 Å². The Morgan fingerprint density at radius 1 is 1.12 bits per heavy atom. The lowest BCUT2D eigenvalue weighted by molar-refractivity contribution is -0.120. The Hall–Kier alpha value is -3.02. The summed E-state index contributed by atoms with van der Waals surface area (Å²) in [5.74, 6) is 0.454. The van der Waals surface area contributed by atoms with Crippen LogP contribution in [-0.2, 0) is 17.8 Å². The molecular weight excluding hydrogens is 324 g/mol. The van der Waals surface area contributed by atoms with Crippen molar-refractivity contribution < 1.29 is 13.6 Å². The van der Waals surface area contributed by atoms with E-state index in [1.165, 1.54) is 18.2 Å². The summed E-state index contributed by atoms with van der Waals surface area (Å²) in [7, 11) is 0. The Labute approximate surface area is 144 Å². The van der Waals surface area contributed by atoms with Gasteiger partial charge < -0.3 is 9.88 Å². The highest BCUT2D eigenvalue weighted by atomic mass is 19.3. The third-order valence-electron chi connectivity index (χ3n) is 3.76. The fourth-order valence-corrected chi connectivity index (χ4v) is 2.55. The van der Waals surface area contributed by atoms with Crippen molar-refractivity contribution in [3.63, 3.8) is 0 Å². The van der Waals surface area contributed by atoms with E-state index in [0.29, 0.717) is 11.4 Å². The van der Waals surface area contributed by atoms with Gasteiger partial charge in [-0.1, -0.05) is 36.4 Å². The van der Waals surface area contributed by atoms with Crippen LogP contribution in [0.25, 0.3) is 5.69 Å². The minimum atomic E-state index is -2.54. The van der Waals surface area contributed by atoms with Crippen molar-refractivity contribution in [3.05, 3.63) is 83.9 Å². The van der Waals surface area contributed by atoms with Crippen LogP contribution in [0.2, 0.25) is 0 Å². The number of imidazole rings is 1. The first-order valence-electron chi connectivity index (χ1n) is 7.85. The molecule has 0 aliphatic carbocycles. The van der Waals surface area contributed by atoms with E-state index in [4.69, 9.17) is 0 Å². The van der Waals surface area contributed by atoms with Crippen LogP contribution in [0.3, 0.4) is 0 Å². The van der Waals surface area contributed by atoms with Crippen LogP contribution >= 0.6 is 0 Å². The number of amides is 1. The molecule has 0 unspecified atom stereocenters. The van der Waals surface area contributed by atoms with Crippen LogP contribution in [0.4, 0.5) is 8.78 Å². The molecule has 0 aliphatic heterocycles. The first kappa shape index (κ1) is 16.8. The number of rotatable bonds is 6. The first-order valence-corrected chi connectivity index (χ1v) is 7.85. The van der Waals surface area contributed by atoms with Crippen molar-refractivity contribution in [1.82, 2.24) is 14.9 Å². The maximum absolute atomic E-state index is 12.7. The number of alkyl halides is 2. The third-order valence-corrected chi connectivity index (χ3v) is 3.76. The van der Waals surface area contributed by atoms with Crippen LogP contribution in [0.15, 0.2) is 67.0 Å². The Balaban J connectivity index is 1.62. The van der Waals surface area contributed by atoms with Gasteiger partial charge in [0.05, 0.1) is 13.0 Å². The Bertz CT molecular complexity index is 847. The van der Waals surface area contributed by atoms with E-state index in [1.807, 2.05) is 41.1 Å². The number of carbonyl (C=O) groups excluding carboxylic acids is 1. The van der Waals surface area contributed by atoms with Gasteiger partial charge in [0.2, 0.25) is 5.91 Å². The molecule has 128 valence electrons. The topological polar surface area (TPSA) is 46.9 Å². The molecule has 1 heterocycles. The fourth-order valence-electron chi connectivity index (χ4n) is 2.55. The van der Waals surface area contributed by atoms with Crippen LogP contribution < -0.4 is 5.32 Å². The molecule has 0 spiro atoms. The summed E-state index contributed by atoms with van der Waals surface area (Å²) in [6.07, 6.45) is 0.997. The summed E-state index contributed by atoms with van der Waals surface area (Å²) in [4.78, 5) is 16.4. The first-order chi connectivity index (χ1) is 12.1. The van der Waals surface area contributed by atoms with Crippen LogP contribution in [0.1, 0.15) is 23.4 Å². The summed E-state index contributed by atoms with van der Waals surface area (Å²) in [6, 6.07) is 15.6. The molecule has 1 aromatic heterocycles. The van der Waals surface area contributed by atoms with E-state index in [9.17, 15) is 13.6 Å². The number of hydrogen-bond donors (Lipinski definition) is 1. The largest absolute Gasteiger partial charge is 0.349 e.